The second kappa shape index (κ2) is 7.22. The Labute approximate surface area is 150 Å². The second-order valence-corrected chi connectivity index (χ2v) is 7.45. The molecular formula is C19H27N3O3. The summed E-state index contributed by atoms with van der Waals surface area (Å²) < 4.78 is 10.8. The fraction of sp³-hybridized carbons (Fsp3) is 0.579. The van der Waals surface area contributed by atoms with Gasteiger partial charge in [0, 0.05) is 30.9 Å². The minimum Gasteiger partial charge on any atom is -0.508 e. The van der Waals surface area contributed by atoms with Gasteiger partial charge in [-0.2, -0.15) is 0 Å². The van der Waals surface area contributed by atoms with Gasteiger partial charge < -0.3 is 19.3 Å². The van der Waals surface area contributed by atoms with Crippen molar-refractivity contribution >= 4 is 17.5 Å². The second-order valence-electron chi connectivity index (χ2n) is 7.45. The van der Waals surface area contributed by atoms with E-state index in [1.807, 2.05) is 39.8 Å². The van der Waals surface area contributed by atoms with Crippen LogP contribution in [0.25, 0.3) is 4.85 Å². The number of amides is 1. The highest BCUT2D eigenvalue weighted by atomic mass is 16.6. The van der Waals surface area contributed by atoms with E-state index in [1.54, 1.807) is 18.1 Å². The Bertz CT molecular complexity index is 675. The van der Waals surface area contributed by atoms with Crippen LogP contribution >= 0.6 is 0 Å². The molecule has 6 heteroatoms. The largest absolute Gasteiger partial charge is 0.508 e. The molecule has 0 aromatic heterocycles. The summed E-state index contributed by atoms with van der Waals surface area (Å²) in [5, 5.41) is 0. The van der Waals surface area contributed by atoms with Crippen molar-refractivity contribution in [2.45, 2.75) is 52.3 Å². The lowest BCUT2D eigenvalue weighted by molar-refractivity contribution is 0.0130. The van der Waals surface area contributed by atoms with Gasteiger partial charge in [0.25, 0.3) is 0 Å². The van der Waals surface area contributed by atoms with Crippen LogP contribution in [0.15, 0.2) is 18.2 Å². The number of ether oxygens (including phenoxy) is 2. The summed E-state index contributed by atoms with van der Waals surface area (Å²) in [7, 11) is 1.57. The van der Waals surface area contributed by atoms with Crippen LogP contribution in [0.5, 0.6) is 5.75 Å². The summed E-state index contributed by atoms with van der Waals surface area (Å²) in [6.07, 6.45) is -0.271. The Kier molecular flexibility index (Phi) is 5.46. The average Bonchev–Trinajstić information content (AvgIpc) is 2.54. The van der Waals surface area contributed by atoms with Gasteiger partial charge in [0.05, 0.1) is 13.7 Å². The Hall–Kier alpha value is -2.42. The van der Waals surface area contributed by atoms with E-state index < -0.39 is 5.60 Å². The minimum atomic E-state index is -0.500. The third-order valence-electron chi connectivity index (χ3n) is 4.23. The predicted octanol–water partition coefficient (Wildman–Crippen LogP) is 4.08. The highest BCUT2D eigenvalue weighted by Crippen LogP contribution is 2.34. The first-order valence-electron chi connectivity index (χ1n) is 8.48. The predicted molar refractivity (Wildman–Crippen MR) is 98.5 cm³/mol. The topological polar surface area (TPSA) is 46.4 Å². The molecule has 0 saturated carbocycles. The third-order valence-corrected chi connectivity index (χ3v) is 4.23. The van der Waals surface area contributed by atoms with Gasteiger partial charge in [-0.25, -0.2) is 9.64 Å². The fourth-order valence-electron chi connectivity index (χ4n) is 3.00. The number of rotatable bonds is 2. The van der Waals surface area contributed by atoms with Crippen molar-refractivity contribution in [3.05, 3.63) is 29.6 Å². The molecule has 1 aromatic carbocycles. The van der Waals surface area contributed by atoms with E-state index in [0.717, 1.165) is 5.69 Å². The van der Waals surface area contributed by atoms with E-state index in [1.165, 1.54) is 0 Å². The number of hydrogen-bond acceptors (Lipinski definition) is 4. The number of hydrogen-bond donors (Lipinski definition) is 0. The highest BCUT2D eigenvalue weighted by molar-refractivity contribution is 5.70. The molecule has 6 nitrogen and oxygen atoms in total. The molecule has 0 spiro atoms. The molecule has 1 aliphatic heterocycles. The van der Waals surface area contributed by atoms with E-state index in [-0.39, 0.29) is 18.2 Å². The quantitative estimate of drug-likeness (QED) is 0.758. The molecule has 1 saturated heterocycles. The molecule has 1 aromatic rings. The normalized spacial score (nSPS) is 20.8. The lowest BCUT2D eigenvalue weighted by Crippen LogP contribution is -2.59. The van der Waals surface area contributed by atoms with Crippen molar-refractivity contribution in [1.29, 1.82) is 0 Å². The van der Waals surface area contributed by atoms with Crippen LogP contribution in [-0.4, -0.2) is 48.9 Å². The first-order chi connectivity index (χ1) is 11.7. The number of methoxy groups -OCH3 is 1. The van der Waals surface area contributed by atoms with Crippen molar-refractivity contribution in [2.24, 2.45) is 0 Å². The summed E-state index contributed by atoms with van der Waals surface area (Å²) in [6, 6.07) is 5.76. The summed E-state index contributed by atoms with van der Waals surface area (Å²) >= 11 is 0. The number of carbonyl (C=O) groups is 1. The van der Waals surface area contributed by atoms with Crippen molar-refractivity contribution in [3.63, 3.8) is 0 Å². The molecule has 136 valence electrons. The first kappa shape index (κ1) is 18.9. The van der Waals surface area contributed by atoms with E-state index in [4.69, 9.17) is 16.0 Å². The van der Waals surface area contributed by atoms with Crippen molar-refractivity contribution in [3.8, 4) is 5.75 Å². The number of benzene rings is 1. The van der Waals surface area contributed by atoms with Crippen LogP contribution in [0.3, 0.4) is 0 Å². The van der Waals surface area contributed by atoms with Crippen LogP contribution in [0.2, 0.25) is 0 Å². The molecule has 2 atom stereocenters. The van der Waals surface area contributed by atoms with Gasteiger partial charge in [-0.1, -0.05) is 6.07 Å². The van der Waals surface area contributed by atoms with Crippen LogP contribution in [0.4, 0.5) is 16.2 Å². The van der Waals surface area contributed by atoms with Gasteiger partial charge in [-0.05, 0) is 46.8 Å². The molecule has 0 unspecified atom stereocenters. The van der Waals surface area contributed by atoms with Crippen molar-refractivity contribution in [2.75, 3.05) is 25.1 Å². The molecule has 1 aliphatic rings. The van der Waals surface area contributed by atoms with E-state index in [2.05, 4.69) is 16.7 Å². The lowest BCUT2D eigenvalue weighted by Gasteiger charge is -2.45. The zero-order chi connectivity index (χ0) is 18.8. The maximum absolute atomic E-state index is 12.4. The average molecular weight is 345 g/mol. The summed E-state index contributed by atoms with van der Waals surface area (Å²) in [6.45, 7) is 18.2. The molecule has 0 aliphatic carbocycles. The summed E-state index contributed by atoms with van der Waals surface area (Å²) in [5.74, 6) is 0.571. The van der Waals surface area contributed by atoms with E-state index in [9.17, 15) is 4.79 Å². The Morgan fingerprint density at radius 1 is 1.24 bits per heavy atom. The third kappa shape index (κ3) is 4.36. The van der Waals surface area contributed by atoms with Gasteiger partial charge in [-0.15, -0.1) is 0 Å². The van der Waals surface area contributed by atoms with Gasteiger partial charge in [-0.3, -0.25) is 0 Å². The molecule has 25 heavy (non-hydrogen) atoms. The molecule has 1 amide bonds. The Morgan fingerprint density at radius 3 is 2.48 bits per heavy atom. The first-order valence-corrected chi connectivity index (χ1v) is 8.48. The Morgan fingerprint density at radius 2 is 1.92 bits per heavy atom. The van der Waals surface area contributed by atoms with Gasteiger partial charge in [0.15, 0.2) is 0 Å². The molecule has 2 rings (SSSR count). The number of anilines is 1. The van der Waals surface area contributed by atoms with Crippen molar-refractivity contribution in [1.82, 2.24) is 4.90 Å². The van der Waals surface area contributed by atoms with Gasteiger partial charge in [0.1, 0.15) is 11.4 Å². The van der Waals surface area contributed by atoms with Gasteiger partial charge in [0.2, 0.25) is 5.69 Å². The molecule has 1 fully saturated rings. The molecule has 0 radical (unpaired) electrons. The van der Waals surface area contributed by atoms with Crippen LogP contribution in [0, 0.1) is 6.57 Å². The molecule has 0 N–H and O–H groups in total. The SMILES string of the molecule is [C-]#[N+]c1ccc(N2C[C@@H](C)N(C(=O)OC(C)(C)C)C[C@@H]2C)cc1OC. The van der Waals surface area contributed by atoms with Crippen LogP contribution in [-0.2, 0) is 4.74 Å². The monoisotopic (exact) mass is 345 g/mol. The molecule has 0 bridgehead atoms. The number of piperazine rings is 1. The zero-order valence-corrected chi connectivity index (χ0v) is 15.9. The fourth-order valence-corrected chi connectivity index (χ4v) is 3.00. The van der Waals surface area contributed by atoms with Crippen LogP contribution in [0.1, 0.15) is 34.6 Å². The van der Waals surface area contributed by atoms with Crippen LogP contribution < -0.4 is 9.64 Å². The van der Waals surface area contributed by atoms with E-state index in [0.29, 0.717) is 24.5 Å². The number of nitrogens with zero attached hydrogens (tertiary/aromatic N) is 3. The smallest absolute Gasteiger partial charge is 0.410 e. The van der Waals surface area contributed by atoms with Crippen molar-refractivity contribution < 1.29 is 14.3 Å². The highest BCUT2D eigenvalue weighted by Gasteiger charge is 2.34. The van der Waals surface area contributed by atoms with E-state index >= 15 is 0 Å². The maximum Gasteiger partial charge on any atom is 0.410 e. The minimum absolute atomic E-state index is 0.0255. The molecular weight excluding hydrogens is 318 g/mol. The Balaban J connectivity index is 2.17. The zero-order valence-electron chi connectivity index (χ0n) is 15.9. The standard InChI is InChI=1S/C19H27N3O3/c1-13-12-22(18(23)25-19(3,4)5)14(2)11-21(13)15-8-9-16(20-6)17(10-15)24-7/h8-10,13-14H,11-12H2,1-5,7H3/t13-,14+/m0/s1. The lowest BCUT2D eigenvalue weighted by atomic mass is 10.1. The number of carbonyl (C=O) groups excluding carboxylic acids is 1. The molecule has 1 heterocycles. The van der Waals surface area contributed by atoms with Gasteiger partial charge >= 0.3 is 6.09 Å². The maximum atomic E-state index is 12.4. The summed E-state index contributed by atoms with van der Waals surface area (Å²) in [4.78, 5) is 19.9. The summed E-state index contributed by atoms with van der Waals surface area (Å²) in [5.41, 5.74) is 0.993.